The second kappa shape index (κ2) is 9.72. The van der Waals surface area contributed by atoms with Gasteiger partial charge in [-0.05, 0) is 62.5 Å². The van der Waals surface area contributed by atoms with Crippen LogP contribution >= 0.6 is 11.3 Å². The van der Waals surface area contributed by atoms with Crippen LogP contribution < -0.4 is 10.1 Å². The number of nitrogens with zero attached hydrogens (tertiary/aromatic N) is 3. The highest BCUT2D eigenvalue weighted by Crippen LogP contribution is 2.29. The molecule has 2 heterocycles. The van der Waals surface area contributed by atoms with Gasteiger partial charge in [0.1, 0.15) is 16.4 Å². The second-order valence-corrected chi connectivity index (χ2v) is 9.19. The quantitative estimate of drug-likeness (QED) is 0.411. The summed E-state index contributed by atoms with van der Waals surface area (Å²) in [7, 11) is 5.63. The molecule has 172 valence electrons. The molecule has 4 aromatic rings. The third kappa shape index (κ3) is 5.07. The molecule has 4 rings (SSSR count). The van der Waals surface area contributed by atoms with Crippen LogP contribution in [0.15, 0.2) is 54.6 Å². The number of nitrogens with one attached hydrogen (secondary N) is 1. The third-order valence-corrected chi connectivity index (χ3v) is 6.80. The summed E-state index contributed by atoms with van der Waals surface area (Å²) in [5, 5.41) is 8.65. The van der Waals surface area contributed by atoms with Crippen LogP contribution in [0.1, 0.15) is 32.5 Å². The predicted octanol–water partition coefficient (Wildman–Crippen LogP) is 4.63. The third-order valence-electron chi connectivity index (χ3n) is 5.66. The molecule has 0 saturated heterocycles. The summed E-state index contributed by atoms with van der Waals surface area (Å²) in [5.41, 5.74) is 2.92. The predicted molar refractivity (Wildman–Crippen MR) is 130 cm³/mol. The summed E-state index contributed by atoms with van der Waals surface area (Å²) >= 11 is 1.42. The Bertz CT molecular complexity index is 1250. The first kappa shape index (κ1) is 22.9. The van der Waals surface area contributed by atoms with Crippen LogP contribution in [0.4, 0.5) is 4.39 Å². The van der Waals surface area contributed by atoms with Crippen molar-refractivity contribution in [1.29, 1.82) is 0 Å². The minimum atomic E-state index is -0.263. The lowest BCUT2D eigenvalue weighted by Crippen LogP contribution is -2.34. The van der Waals surface area contributed by atoms with Crippen molar-refractivity contribution in [3.05, 3.63) is 82.1 Å². The molecule has 0 saturated carbocycles. The van der Waals surface area contributed by atoms with Gasteiger partial charge in [-0.1, -0.05) is 24.3 Å². The molecule has 0 aliphatic rings. The van der Waals surface area contributed by atoms with Crippen molar-refractivity contribution in [3.8, 4) is 5.75 Å². The number of hydrogen-bond donors (Lipinski definition) is 1. The molecule has 0 fully saturated rings. The molecule has 0 aliphatic carbocycles. The molecule has 2 aromatic carbocycles. The first-order valence-electron chi connectivity index (χ1n) is 10.7. The molecule has 0 spiro atoms. The maximum Gasteiger partial charge on any atom is 0.261 e. The number of rotatable bonds is 8. The van der Waals surface area contributed by atoms with E-state index in [1.54, 1.807) is 19.2 Å². The Morgan fingerprint density at radius 2 is 1.88 bits per heavy atom. The average molecular weight is 467 g/mol. The molecule has 1 atom stereocenters. The molecule has 2 aromatic heterocycles. The highest BCUT2D eigenvalue weighted by atomic mass is 32.1. The van der Waals surface area contributed by atoms with Crippen LogP contribution in [0.2, 0.25) is 0 Å². The van der Waals surface area contributed by atoms with Crippen molar-refractivity contribution in [3.63, 3.8) is 0 Å². The number of likely N-dealkylation sites (N-methyl/N-ethyl adjacent to an activating group) is 1. The Balaban J connectivity index is 1.49. The summed E-state index contributed by atoms with van der Waals surface area (Å²) in [6.45, 7) is 2.93. The zero-order valence-corrected chi connectivity index (χ0v) is 19.9. The monoisotopic (exact) mass is 466 g/mol. The van der Waals surface area contributed by atoms with Gasteiger partial charge < -0.3 is 15.0 Å². The molecule has 1 N–H and O–H groups in total. The first-order valence-corrected chi connectivity index (χ1v) is 11.5. The number of amides is 1. The van der Waals surface area contributed by atoms with Crippen molar-refractivity contribution < 1.29 is 13.9 Å². The number of aryl methyl sites for hydroxylation is 1. The Kier molecular flexibility index (Phi) is 6.76. The highest BCUT2D eigenvalue weighted by Gasteiger charge is 2.19. The molecule has 0 bridgehead atoms. The Hall–Kier alpha value is -3.23. The number of halogens is 1. The van der Waals surface area contributed by atoms with Crippen molar-refractivity contribution >= 4 is 27.5 Å². The van der Waals surface area contributed by atoms with Crippen LogP contribution in [0.25, 0.3) is 10.2 Å². The molecule has 1 amide bonds. The van der Waals surface area contributed by atoms with Crippen LogP contribution in [-0.2, 0) is 6.54 Å². The number of fused-ring (bicyclic) bond motifs is 1. The number of hydrogen-bond acceptors (Lipinski definition) is 5. The highest BCUT2D eigenvalue weighted by molar-refractivity contribution is 7.20. The van der Waals surface area contributed by atoms with Gasteiger partial charge in [-0.15, -0.1) is 11.3 Å². The van der Waals surface area contributed by atoms with E-state index in [1.807, 2.05) is 56.0 Å². The van der Waals surface area contributed by atoms with Crippen LogP contribution in [-0.4, -0.2) is 48.3 Å². The van der Waals surface area contributed by atoms with Gasteiger partial charge in [0.05, 0.1) is 30.3 Å². The number of thiophene rings is 1. The van der Waals surface area contributed by atoms with Gasteiger partial charge in [-0.2, -0.15) is 5.10 Å². The fourth-order valence-electron chi connectivity index (χ4n) is 3.80. The van der Waals surface area contributed by atoms with E-state index in [-0.39, 0.29) is 17.8 Å². The molecule has 1 unspecified atom stereocenters. The van der Waals surface area contributed by atoms with Crippen molar-refractivity contribution in [1.82, 2.24) is 20.0 Å². The number of benzene rings is 2. The van der Waals surface area contributed by atoms with Gasteiger partial charge in [0, 0.05) is 11.9 Å². The Morgan fingerprint density at radius 3 is 2.52 bits per heavy atom. The lowest BCUT2D eigenvalue weighted by Gasteiger charge is -2.25. The maximum absolute atomic E-state index is 13.2. The number of carbonyl (C=O) groups is 1. The zero-order chi connectivity index (χ0) is 23.5. The smallest absolute Gasteiger partial charge is 0.261 e. The Morgan fingerprint density at radius 1 is 1.18 bits per heavy atom. The number of ether oxygens (including phenoxy) is 1. The number of methoxy groups -OCH3 is 1. The van der Waals surface area contributed by atoms with Crippen molar-refractivity contribution in [2.75, 3.05) is 27.7 Å². The van der Waals surface area contributed by atoms with Crippen molar-refractivity contribution in [2.24, 2.45) is 0 Å². The van der Waals surface area contributed by atoms with Crippen molar-refractivity contribution in [2.45, 2.75) is 19.5 Å². The summed E-state index contributed by atoms with van der Waals surface area (Å²) in [6.07, 6.45) is 0. The van der Waals surface area contributed by atoms with E-state index in [4.69, 9.17) is 4.74 Å². The summed E-state index contributed by atoms with van der Waals surface area (Å²) in [5.74, 6) is 0.432. The van der Waals surface area contributed by atoms with Crippen LogP contribution in [0.3, 0.4) is 0 Å². The van der Waals surface area contributed by atoms with E-state index < -0.39 is 0 Å². The van der Waals surface area contributed by atoms with Gasteiger partial charge in [0.15, 0.2) is 0 Å². The minimum absolute atomic E-state index is 0.0324. The fourth-order valence-corrected chi connectivity index (χ4v) is 4.87. The normalized spacial score (nSPS) is 12.3. The number of aromatic nitrogens is 2. The van der Waals surface area contributed by atoms with Gasteiger partial charge in [-0.25, -0.2) is 4.39 Å². The molecule has 6 nitrogen and oxygen atoms in total. The van der Waals surface area contributed by atoms with Gasteiger partial charge in [0.2, 0.25) is 0 Å². The van der Waals surface area contributed by atoms with E-state index in [0.717, 1.165) is 32.8 Å². The SMILES string of the molecule is COc1ccc(C(CNC(=O)c2cc3c(C)nn(Cc4ccc(F)cc4)c3s2)N(C)C)cc1. The second-order valence-electron chi connectivity index (χ2n) is 8.16. The minimum Gasteiger partial charge on any atom is -0.497 e. The summed E-state index contributed by atoms with van der Waals surface area (Å²) in [4.78, 5) is 16.6. The Labute approximate surface area is 196 Å². The molecule has 8 heteroatoms. The molecule has 0 radical (unpaired) electrons. The van der Waals surface area contributed by atoms with E-state index in [2.05, 4.69) is 15.3 Å². The van der Waals surface area contributed by atoms with Gasteiger partial charge in [-0.3, -0.25) is 9.48 Å². The first-order chi connectivity index (χ1) is 15.9. The average Bonchev–Trinajstić information content (AvgIpc) is 3.37. The number of carbonyl (C=O) groups excluding carboxylic acids is 1. The largest absolute Gasteiger partial charge is 0.497 e. The summed E-state index contributed by atoms with van der Waals surface area (Å²) < 4.78 is 20.3. The van der Waals surface area contributed by atoms with E-state index >= 15 is 0 Å². The lowest BCUT2D eigenvalue weighted by atomic mass is 10.1. The molecule has 0 aliphatic heterocycles. The van der Waals surface area contributed by atoms with Gasteiger partial charge >= 0.3 is 0 Å². The van der Waals surface area contributed by atoms with E-state index in [9.17, 15) is 9.18 Å². The maximum atomic E-state index is 13.2. The van der Waals surface area contributed by atoms with Crippen LogP contribution in [0, 0.1) is 12.7 Å². The molecule has 33 heavy (non-hydrogen) atoms. The zero-order valence-electron chi connectivity index (χ0n) is 19.1. The van der Waals surface area contributed by atoms with Gasteiger partial charge in [0.25, 0.3) is 5.91 Å². The van der Waals surface area contributed by atoms with E-state index in [1.165, 1.54) is 23.5 Å². The molecular weight excluding hydrogens is 439 g/mol. The summed E-state index contributed by atoms with van der Waals surface area (Å²) in [6, 6.07) is 16.2. The topological polar surface area (TPSA) is 59.4 Å². The lowest BCUT2D eigenvalue weighted by molar-refractivity contribution is 0.0946. The standard InChI is InChI=1S/C25H27FN4O2S/c1-16-21-13-23(33-25(21)30(28-16)15-17-5-9-19(26)10-6-17)24(31)27-14-22(29(2)3)18-7-11-20(32-4)12-8-18/h5-13,22H,14-15H2,1-4H3,(H,27,31). The van der Waals surface area contributed by atoms with Crippen LogP contribution in [0.5, 0.6) is 5.75 Å². The van der Waals surface area contributed by atoms with E-state index in [0.29, 0.717) is 18.0 Å². The fraction of sp³-hybridized carbons (Fsp3) is 0.280. The molecular formula is C25H27FN4O2S.